The third-order valence-electron chi connectivity index (χ3n) is 18.3. The van der Waals surface area contributed by atoms with Crippen molar-refractivity contribution in [2.45, 2.75) is 54.9 Å². The quantitative estimate of drug-likeness (QED) is 0.151. The van der Waals surface area contributed by atoms with Crippen molar-refractivity contribution in [3.63, 3.8) is 0 Å². The molecule has 0 spiro atoms. The van der Waals surface area contributed by atoms with Gasteiger partial charge in [-0.3, -0.25) is 9.97 Å². The molecule has 0 radical (unpaired) electrons. The molecule has 16 rings (SSSR count). The Labute approximate surface area is 509 Å². The third-order valence-corrected chi connectivity index (χ3v) is 18.3. The van der Waals surface area contributed by atoms with Crippen LogP contribution in [-0.2, 0) is 6.42 Å². The van der Waals surface area contributed by atoms with Gasteiger partial charge >= 0.3 is 0 Å². The number of rotatable bonds is 8. The highest BCUT2D eigenvalue weighted by Crippen LogP contribution is 2.44. The van der Waals surface area contributed by atoms with E-state index in [1.54, 1.807) is 0 Å². The molecular formula is C80H58N8. The van der Waals surface area contributed by atoms with Gasteiger partial charge < -0.3 is 18.3 Å². The molecule has 0 N–H and O–H groups in total. The Morgan fingerprint density at radius 2 is 0.614 bits per heavy atom. The maximum atomic E-state index is 11.7. The molecular weight excluding hydrogens is 1070 g/mol. The number of aromatic nitrogens is 6. The van der Waals surface area contributed by atoms with Gasteiger partial charge in [-0.1, -0.05) is 77.4 Å². The van der Waals surface area contributed by atoms with Gasteiger partial charge in [0.2, 0.25) is 0 Å². The molecule has 0 atom stereocenters. The van der Waals surface area contributed by atoms with Crippen molar-refractivity contribution in [1.82, 2.24) is 28.2 Å². The molecule has 0 saturated carbocycles. The Morgan fingerprint density at radius 1 is 0.295 bits per heavy atom. The topological polar surface area (TPSA) is 93.1 Å². The number of benzene rings is 10. The van der Waals surface area contributed by atoms with Gasteiger partial charge in [0, 0.05) is 67.9 Å². The number of aryl methyl sites for hydroxylation is 7. The number of fused-ring (bicyclic) bond motifs is 12. The summed E-state index contributed by atoms with van der Waals surface area (Å²) in [7, 11) is 0. The van der Waals surface area contributed by atoms with Crippen LogP contribution in [0.15, 0.2) is 213 Å². The SMILES string of the molecule is Cc1ccc2c(c1)c1cc(C)ccc1n2-c1cc(-c2ccncc2)cc(-n2c3ccc(C)cc3c3cc(Cc4cc5c6ccc(C)cc6n(-c6cc(-c7ccncc7)cc(-n7c8cc(C)ccc8c8ccc(C)cc87)c6C#N)c5cc4C)ccc32)c1C#N. The van der Waals surface area contributed by atoms with Crippen LogP contribution < -0.4 is 0 Å². The standard InChI is InChI=1S/C80H58N8/c1-46-11-18-69-62(30-46)63-31-47(2)12-19-70(63)85(69)77-40-57(54-22-26-83-27-23-54)41-78(67(77)44-81)86-71-20-13-48(3)32-64(71)65-38-53(14-21-72(65)86)37-56-39-66-61-17-10-51(6)35-75(61)88(76(66)36-52(56)7)80-43-58(55-24-28-84-29-25-55)42-79(68(80)45-82)87-73-33-49(4)8-15-59(73)60-16-9-50(5)34-74(60)87/h8-36,38-43H,37H2,1-7H3. The van der Waals surface area contributed by atoms with Crippen molar-refractivity contribution in [1.29, 1.82) is 10.5 Å². The number of nitriles is 2. The second kappa shape index (κ2) is 19.9. The van der Waals surface area contributed by atoms with Gasteiger partial charge in [-0.2, -0.15) is 10.5 Å². The van der Waals surface area contributed by atoms with Gasteiger partial charge in [-0.05, 0) is 238 Å². The van der Waals surface area contributed by atoms with Crippen LogP contribution in [-0.4, -0.2) is 28.2 Å². The maximum Gasteiger partial charge on any atom is 0.104 e. The van der Waals surface area contributed by atoms with E-state index in [1.807, 2.05) is 49.1 Å². The predicted octanol–water partition coefficient (Wildman–Crippen LogP) is 19.7. The van der Waals surface area contributed by atoms with Crippen molar-refractivity contribution >= 4 is 87.2 Å². The molecule has 10 aromatic carbocycles. The van der Waals surface area contributed by atoms with Crippen LogP contribution in [0.3, 0.4) is 0 Å². The van der Waals surface area contributed by atoms with E-state index in [2.05, 4.69) is 253 Å². The number of hydrogen-bond acceptors (Lipinski definition) is 4. The second-order valence-corrected chi connectivity index (χ2v) is 24.3. The van der Waals surface area contributed by atoms with E-state index in [-0.39, 0.29) is 0 Å². The summed E-state index contributed by atoms with van der Waals surface area (Å²) in [5, 5.41) is 32.4. The Hall–Kier alpha value is -11.3. The minimum Gasteiger partial charge on any atom is -0.308 e. The lowest BCUT2D eigenvalue weighted by molar-refractivity contribution is 1.11. The van der Waals surface area contributed by atoms with Crippen LogP contribution in [0.25, 0.3) is 132 Å². The fourth-order valence-electron chi connectivity index (χ4n) is 14.1. The predicted molar refractivity (Wildman–Crippen MR) is 362 cm³/mol. The third kappa shape index (κ3) is 8.10. The Kier molecular flexibility index (Phi) is 11.8. The summed E-state index contributed by atoms with van der Waals surface area (Å²) in [4.78, 5) is 8.80. The van der Waals surface area contributed by atoms with E-state index < -0.39 is 0 Å². The maximum absolute atomic E-state index is 11.7. The van der Waals surface area contributed by atoms with E-state index in [0.29, 0.717) is 17.5 Å². The molecule has 418 valence electrons. The van der Waals surface area contributed by atoms with Crippen LogP contribution in [0.1, 0.15) is 61.2 Å². The van der Waals surface area contributed by atoms with Crippen molar-refractivity contribution in [2.24, 2.45) is 0 Å². The summed E-state index contributed by atoms with van der Waals surface area (Å²) in [6.07, 6.45) is 8.03. The monoisotopic (exact) mass is 1130 g/mol. The Bertz CT molecular complexity index is 5640. The summed E-state index contributed by atoms with van der Waals surface area (Å²) in [5.41, 5.74) is 27.3. The molecule has 0 bridgehead atoms. The first-order valence-corrected chi connectivity index (χ1v) is 30.0. The lowest BCUT2D eigenvalue weighted by Crippen LogP contribution is -2.06. The summed E-state index contributed by atoms with van der Waals surface area (Å²) >= 11 is 0. The van der Waals surface area contributed by atoms with Crippen molar-refractivity contribution in [3.05, 3.63) is 274 Å². The lowest BCUT2D eigenvalue weighted by atomic mass is 9.96. The molecule has 6 aromatic heterocycles. The van der Waals surface area contributed by atoms with Gasteiger partial charge in [0.25, 0.3) is 0 Å². The molecule has 0 aliphatic heterocycles. The van der Waals surface area contributed by atoms with Crippen LogP contribution in [0.5, 0.6) is 0 Å². The Balaban J connectivity index is 0.883. The molecule has 6 heterocycles. The first-order valence-electron chi connectivity index (χ1n) is 30.0. The fraction of sp³-hybridized carbons (Fsp3) is 0.100. The van der Waals surface area contributed by atoms with Crippen LogP contribution in [0.2, 0.25) is 0 Å². The van der Waals surface area contributed by atoms with Gasteiger partial charge in [-0.15, -0.1) is 0 Å². The largest absolute Gasteiger partial charge is 0.308 e. The molecule has 0 aliphatic carbocycles. The summed E-state index contributed by atoms with van der Waals surface area (Å²) < 4.78 is 9.24. The zero-order valence-electron chi connectivity index (χ0n) is 50.0. The molecule has 0 fully saturated rings. The zero-order chi connectivity index (χ0) is 59.8. The second-order valence-electron chi connectivity index (χ2n) is 24.3. The van der Waals surface area contributed by atoms with Crippen molar-refractivity contribution in [3.8, 4) is 57.1 Å². The normalized spacial score (nSPS) is 11.8. The highest BCUT2D eigenvalue weighted by Gasteiger charge is 2.26. The number of hydrogen-bond donors (Lipinski definition) is 0. The molecule has 0 saturated heterocycles. The minimum atomic E-state index is 0.582. The highest BCUT2D eigenvalue weighted by molar-refractivity contribution is 6.14. The first-order chi connectivity index (χ1) is 42.9. The van der Waals surface area contributed by atoms with Crippen LogP contribution in [0.4, 0.5) is 0 Å². The molecule has 88 heavy (non-hydrogen) atoms. The van der Waals surface area contributed by atoms with Gasteiger partial charge in [0.15, 0.2) is 0 Å². The molecule has 8 nitrogen and oxygen atoms in total. The Morgan fingerprint density at radius 3 is 1.01 bits per heavy atom. The van der Waals surface area contributed by atoms with Gasteiger partial charge in [0.1, 0.15) is 23.3 Å². The fourth-order valence-corrected chi connectivity index (χ4v) is 14.1. The molecule has 0 amide bonds. The average Bonchev–Trinajstić information content (AvgIpc) is 1.59. The van der Waals surface area contributed by atoms with E-state index in [0.717, 1.165) is 160 Å². The summed E-state index contributed by atoms with van der Waals surface area (Å²) in [6, 6.07) is 74.0. The molecule has 16 aromatic rings. The first kappa shape index (κ1) is 52.3. The number of pyridine rings is 2. The smallest absolute Gasteiger partial charge is 0.104 e. The van der Waals surface area contributed by atoms with Gasteiger partial charge in [-0.25, -0.2) is 0 Å². The summed E-state index contributed by atoms with van der Waals surface area (Å²) in [5.74, 6) is 0. The van der Waals surface area contributed by atoms with Crippen LogP contribution in [0, 0.1) is 71.1 Å². The minimum absolute atomic E-state index is 0.582. The van der Waals surface area contributed by atoms with Crippen molar-refractivity contribution < 1.29 is 0 Å². The van der Waals surface area contributed by atoms with E-state index in [4.69, 9.17) is 0 Å². The van der Waals surface area contributed by atoms with E-state index in [9.17, 15) is 10.5 Å². The lowest BCUT2D eigenvalue weighted by Gasteiger charge is -2.19. The zero-order valence-corrected chi connectivity index (χ0v) is 50.0. The molecule has 0 unspecified atom stereocenters. The van der Waals surface area contributed by atoms with E-state index in [1.165, 1.54) is 22.3 Å². The molecule has 0 aliphatic rings. The average molecular weight is 1130 g/mol. The van der Waals surface area contributed by atoms with E-state index >= 15 is 0 Å². The number of nitrogens with zero attached hydrogens (tertiary/aromatic N) is 8. The summed E-state index contributed by atoms with van der Waals surface area (Å²) in [6.45, 7) is 15.1. The van der Waals surface area contributed by atoms with Crippen LogP contribution >= 0.6 is 0 Å². The van der Waals surface area contributed by atoms with Crippen molar-refractivity contribution in [2.75, 3.05) is 0 Å². The van der Waals surface area contributed by atoms with Gasteiger partial charge in [0.05, 0.1) is 66.9 Å². The molecule has 8 heteroatoms. The highest BCUT2D eigenvalue weighted by atomic mass is 15.0.